The molecule has 1 atom stereocenters. The van der Waals surface area contributed by atoms with Crippen LogP contribution in [0.2, 0.25) is 5.02 Å². The number of hydrogen-bond donors (Lipinski definition) is 0. The highest BCUT2D eigenvalue weighted by Gasteiger charge is 2.49. The van der Waals surface area contributed by atoms with Crippen molar-refractivity contribution in [3.63, 3.8) is 0 Å². The number of rotatable bonds is 4. The lowest BCUT2D eigenvalue weighted by molar-refractivity contribution is 0.349. The second-order valence-corrected chi connectivity index (χ2v) is 10.0. The van der Waals surface area contributed by atoms with Gasteiger partial charge in [-0.05, 0) is 31.4 Å². The van der Waals surface area contributed by atoms with Gasteiger partial charge in [0.25, 0.3) is 0 Å². The largest absolute Gasteiger partial charge is 0.370 e. The van der Waals surface area contributed by atoms with Crippen molar-refractivity contribution in [3.05, 3.63) is 41.0 Å². The molecule has 140 valence electrons. The molecule has 0 amide bonds. The van der Waals surface area contributed by atoms with Crippen LogP contribution >= 0.6 is 11.6 Å². The van der Waals surface area contributed by atoms with Gasteiger partial charge in [0.05, 0.1) is 16.6 Å². The molecule has 6 nitrogen and oxygen atoms in total. The maximum Gasteiger partial charge on any atom is 0.231 e. The number of benzene rings is 1. The van der Waals surface area contributed by atoms with Crippen molar-refractivity contribution in [1.82, 2.24) is 10.1 Å². The highest BCUT2D eigenvalue weighted by molar-refractivity contribution is 7.91. The normalized spacial score (nSPS) is 22.8. The van der Waals surface area contributed by atoms with Crippen molar-refractivity contribution in [2.45, 2.75) is 42.8 Å². The average molecular weight is 396 g/mol. The van der Waals surface area contributed by atoms with E-state index >= 15 is 0 Å². The van der Waals surface area contributed by atoms with Gasteiger partial charge in [-0.2, -0.15) is 4.98 Å². The third-order valence-corrected chi connectivity index (χ3v) is 8.03. The zero-order chi connectivity index (χ0) is 18.4. The van der Waals surface area contributed by atoms with E-state index in [9.17, 15) is 8.42 Å². The Kier molecular flexibility index (Phi) is 4.47. The molecule has 0 bridgehead atoms. The number of halogens is 1. The van der Waals surface area contributed by atoms with Crippen molar-refractivity contribution >= 4 is 27.1 Å². The monoisotopic (exact) mass is 395 g/mol. The summed E-state index contributed by atoms with van der Waals surface area (Å²) in [4.78, 5) is 6.75. The van der Waals surface area contributed by atoms with Crippen molar-refractivity contribution in [1.29, 1.82) is 0 Å². The summed E-state index contributed by atoms with van der Waals surface area (Å²) in [7, 11) is -3.30. The molecule has 2 aromatic rings. The molecule has 8 heteroatoms. The minimum atomic E-state index is -3.30. The second-order valence-electron chi connectivity index (χ2n) is 7.31. The SMILES string of the molecule is CS(=O)(=O)C1(c2noc(C3CCN(c4ccccc4Cl)C3)n2)CCCC1. The van der Waals surface area contributed by atoms with Gasteiger partial charge in [0.1, 0.15) is 4.75 Å². The molecule has 0 radical (unpaired) electrons. The van der Waals surface area contributed by atoms with Gasteiger partial charge >= 0.3 is 0 Å². The Morgan fingerprint density at radius 3 is 2.69 bits per heavy atom. The fourth-order valence-corrected chi connectivity index (χ4v) is 5.88. The first-order chi connectivity index (χ1) is 12.4. The van der Waals surface area contributed by atoms with Gasteiger partial charge in [0.15, 0.2) is 15.7 Å². The number of aromatic nitrogens is 2. The Morgan fingerprint density at radius 1 is 1.27 bits per heavy atom. The molecule has 2 fully saturated rings. The van der Waals surface area contributed by atoms with E-state index < -0.39 is 14.6 Å². The molecule has 0 N–H and O–H groups in total. The highest BCUT2D eigenvalue weighted by Crippen LogP contribution is 2.44. The highest BCUT2D eigenvalue weighted by atomic mass is 35.5. The molecular weight excluding hydrogens is 374 g/mol. The fraction of sp³-hybridized carbons (Fsp3) is 0.556. The summed E-state index contributed by atoms with van der Waals surface area (Å²) < 4.78 is 29.4. The number of nitrogens with zero attached hydrogens (tertiary/aromatic N) is 3. The molecule has 2 heterocycles. The van der Waals surface area contributed by atoms with Gasteiger partial charge in [0.2, 0.25) is 5.89 Å². The van der Waals surface area contributed by atoms with Crippen molar-refractivity contribution < 1.29 is 12.9 Å². The predicted octanol–water partition coefficient (Wildman–Crippen LogP) is 3.53. The number of sulfone groups is 1. The van der Waals surface area contributed by atoms with Gasteiger partial charge in [-0.3, -0.25) is 0 Å². The quantitative estimate of drug-likeness (QED) is 0.788. The zero-order valence-electron chi connectivity index (χ0n) is 14.7. The smallest absolute Gasteiger partial charge is 0.231 e. The molecule has 0 spiro atoms. The van der Waals surface area contributed by atoms with E-state index in [1.54, 1.807) is 0 Å². The van der Waals surface area contributed by atoms with Crippen LogP contribution in [0.3, 0.4) is 0 Å². The van der Waals surface area contributed by atoms with Crippen molar-refractivity contribution in [2.24, 2.45) is 0 Å². The Hall–Kier alpha value is -1.60. The summed E-state index contributed by atoms with van der Waals surface area (Å²) in [5.41, 5.74) is 1.000. The van der Waals surface area contributed by atoms with Crippen LogP contribution in [0.15, 0.2) is 28.8 Å². The first-order valence-corrected chi connectivity index (χ1v) is 11.2. The summed E-state index contributed by atoms with van der Waals surface area (Å²) >= 11 is 6.30. The van der Waals surface area contributed by atoms with Crippen LogP contribution < -0.4 is 4.90 Å². The molecule has 1 aliphatic carbocycles. The lowest BCUT2D eigenvalue weighted by Gasteiger charge is -2.22. The molecular formula is C18H22ClN3O3S. The van der Waals surface area contributed by atoms with E-state index in [0.29, 0.717) is 24.6 Å². The van der Waals surface area contributed by atoms with E-state index in [4.69, 9.17) is 16.1 Å². The molecule has 26 heavy (non-hydrogen) atoms. The van der Waals surface area contributed by atoms with E-state index in [1.807, 2.05) is 24.3 Å². The van der Waals surface area contributed by atoms with Crippen LogP contribution in [0.25, 0.3) is 0 Å². The molecule has 1 aromatic carbocycles. The predicted molar refractivity (Wildman–Crippen MR) is 100 cm³/mol. The van der Waals surface area contributed by atoms with Gasteiger partial charge in [-0.25, -0.2) is 8.42 Å². The van der Waals surface area contributed by atoms with Crippen LogP contribution in [-0.2, 0) is 14.6 Å². The maximum atomic E-state index is 12.4. The van der Waals surface area contributed by atoms with Crippen LogP contribution in [-0.4, -0.2) is 37.9 Å². The summed E-state index contributed by atoms with van der Waals surface area (Å²) in [5.74, 6) is 0.957. The molecule has 1 saturated heterocycles. The van der Waals surface area contributed by atoms with E-state index in [1.165, 1.54) is 6.26 Å². The third kappa shape index (κ3) is 2.91. The molecule has 1 aliphatic heterocycles. The number of hydrogen-bond acceptors (Lipinski definition) is 6. The Bertz CT molecular complexity index is 906. The van der Waals surface area contributed by atoms with Crippen molar-refractivity contribution in [2.75, 3.05) is 24.2 Å². The first kappa shape index (κ1) is 17.8. The topological polar surface area (TPSA) is 76.3 Å². The van der Waals surface area contributed by atoms with Gasteiger partial charge in [-0.1, -0.05) is 41.7 Å². The van der Waals surface area contributed by atoms with Crippen LogP contribution in [0.1, 0.15) is 49.7 Å². The Labute approximate surface area is 158 Å². The molecule has 4 rings (SSSR count). The zero-order valence-corrected chi connectivity index (χ0v) is 16.3. The third-order valence-electron chi connectivity index (χ3n) is 5.70. The lowest BCUT2D eigenvalue weighted by atomic mass is 10.1. The second kappa shape index (κ2) is 6.53. The lowest BCUT2D eigenvalue weighted by Crippen LogP contribution is -2.33. The Balaban J connectivity index is 1.57. The van der Waals surface area contributed by atoms with Gasteiger partial charge in [-0.15, -0.1) is 0 Å². The van der Waals surface area contributed by atoms with Gasteiger partial charge in [0, 0.05) is 19.3 Å². The standard InChI is InChI=1S/C18H22ClN3O3S/c1-26(23,24)18(9-4-5-10-18)17-20-16(25-21-17)13-8-11-22(12-13)15-7-3-2-6-14(15)19/h2-3,6-7,13H,4-5,8-12H2,1H3. The van der Waals surface area contributed by atoms with E-state index in [2.05, 4.69) is 15.0 Å². The number of para-hydroxylation sites is 1. The summed E-state index contributed by atoms with van der Waals surface area (Å²) in [5, 5.41) is 4.81. The van der Waals surface area contributed by atoms with Crippen LogP contribution in [0, 0.1) is 0 Å². The molecule has 1 aromatic heterocycles. The molecule has 1 unspecified atom stereocenters. The minimum absolute atomic E-state index is 0.0885. The van der Waals surface area contributed by atoms with Crippen LogP contribution in [0.5, 0.6) is 0 Å². The number of anilines is 1. The minimum Gasteiger partial charge on any atom is -0.370 e. The maximum absolute atomic E-state index is 12.4. The average Bonchev–Trinajstić information content (AvgIpc) is 3.33. The fourth-order valence-electron chi connectivity index (χ4n) is 4.18. The van der Waals surface area contributed by atoms with Crippen LogP contribution in [0.4, 0.5) is 5.69 Å². The molecule has 1 saturated carbocycles. The molecule has 2 aliphatic rings. The summed E-state index contributed by atoms with van der Waals surface area (Å²) in [6.07, 6.45) is 5.05. The Morgan fingerprint density at radius 2 is 2.00 bits per heavy atom. The first-order valence-electron chi connectivity index (χ1n) is 8.94. The summed E-state index contributed by atoms with van der Waals surface area (Å²) in [6, 6.07) is 7.76. The summed E-state index contributed by atoms with van der Waals surface area (Å²) in [6.45, 7) is 1.58. The van der Waals surface area contributed by atoms with Gasteiger partial charge < -0.3 is 9.42 Å². The van der Waals surface area contributed by atoms with E-state index in [-0.39, 0.29) is 5.92 Å². The van der Waals surface area contributed by atoms with E-state index in [0.717, 1.165) is 43.1 Å². The van der Waals surface area contributed by atoms with Crippen molar-refractivity contribution in [3.8, 4) is 0 Å².